The molecule has 136 valence electrons. The van der Waals surface area contributed by atoms with Gasteiger partial charge in [-0.25, -0.2) is 4.68 Å². The monoisotopic (exact) mass is 354 g/mol. The van der Waals surface area contributed by atoms with Gasteiger partial charge in [-0.1, -0.05) is 19.1 Å². The van der Waals surface area contributed by atoms with Crippen molar-refractivity contribution in [1.82, 2.24) is 20.3 Å². The van der Waals surface area contributed by atoms with Crippen LogP contribution in [0.1, 0.15) is 42.7 Å². The van der Waals surface area contributed by atoms with Gasteiger partial charge in [0.15, 0.2) is 0 Å². The molecular weight excluding hydrogens is 333 g/mol. The van der Waals surface area contributed by atoms with Crippen molar-refractivity contribution in [2.45, 2.75) is 39.3 Å². The van der Waals surface area contributed by atoms with Crippen LogP contribution >= 0.6 is 0 Å². The molecule has 1 N–H and O–H groups in total. The fourth-order valence-corrected chi connectivity index (χ4v) is 2.16. The van der Waals surface area contributed by atoms with E-state index in [0.29, 0.717) is 11.5 Å². The molecule has 0 radical (unpaired) electrons. The van der Waals surface area contributed by atoms with Gasteiger partial charge in [-0.15, -0.1) is 5.10 Å². The maximum Gasteiger partial charge on any atom is 0.390 e. The quantitative estimate of drug-likeness (QED) is 0.827. The lowest BCUT2D eigenvalue weighted by atomic mass is 10.1. The van der Waals surface area contributed by atoms with Crippen molar-refractivity contribution in [2.24, 2.45) is 5.92 Å². The Balaban J connectivity index is 1.94. The topological polar surface area (TPSA) is 59.8 Å². The lowest BCUT2D eigenvalue weighted by molar-refractivity contribution is -0.132. The zero-order valence-corrected chi connectivity index (χ0v) is 14.2. The van der Waals surface area contributed by atoms with E-state index < -0.39 is 25.0 Å². The van der Waals surface area contributed by atoms with Crippen LogP contribution in [0.25, 0.3) is 5.69 Å². The number of hydrogen-bond donors (Lipinski definition) is 1. The van der Waals surface area contributed by atoms with Crippen LogP contribution < -0.4 is 5.32 Å². The summed E-state index contributed by atoms with van der Waals surface area (Å²) in [6, 6.07) is 6.46. The van der Waals surface area contributed by atoms with Crippen molar-refractivity contribution in [1.29, 1.82) is 0 Å². The van der Waals surface area contributed by atoms with E-state index in [2.05, 4.69) is 29.5 Å². The second kappa shape index (κ2) is 8.13. The summed E-state index contributed by atoms with van der Waals surface area (Å²) in [7, 11) is 0. The number of rotatable bonds is 7. The third-order valence-electron chi connectivity index (χ3n) is 3.61. The number of nitrogens with zero attached hydrogens (tertiary/aromatic N) is 3. The number of alkyl halides is 3. The molecule has 8 heteroatoms. The summed E-state index contributed by atoms with van der Waals surface area (Å²) in [5.74, 6) is 0.0484. The summed E-state index contributed by atoms with van der Waals surface area (Å²) in [6.45, 7) is 3.85. The van der Waals surface area contributed by atoms with E-state index in [4.69, 9.17) is 0 Å². The number of amides is 1. The van der Waals surface area contributed by atoms with E-state index >= 15 is 0 Å². The normalized spacial score (nSPS) is 11.8. The first kappa shape index (κ1) is 19.0. The summed E-state index contributed by atoms with van der Waals surface area (Å²) in [5.41, 5.74) is 1.92. The predicted molar refractivity (Wildman–Crippen MR) is 87.5 cm³/mol. The third-order valence-corrected chi connectivity index (χ3v) is 3.61. The lowest BCUT2D eigenvalue weighted by Crippen LogP contribution is -2.27. The zero-order chi connectivity index (χ0) is 18.4. The highest BCUT2D eigenvalue weighted by atomic mass is 19.4. The number of carbonyl (C=O) groups excluding carboxylic acids is 1. The van der Waals surface area contributed by atoms with Crippen LogP contribution in [0, 0.1) is 5.92 Å². The third kappa shape index (κ3) is 6.21. The molecule has 2 rings (SSSR count). The van der Waals surface area contributed by atoms with Gasteiger partial charge in [-0.05, 0) is 43.0 Å². The average molecular weight is 354 g/mol. The van der Waals surface area contributed by atoms with Crippen LogP contribution in [0.3, 0.4) is 0 Å². The Hall–Kier alpha value is -2.38. The van der Waals surface area contributed by atoms with Gasteiger partial charge in [0.2, 0.25) is 0 Å². The van der Waals surface area contributed by atoms with Gasteiger partial charge in [-0.3, -0.25) is 4.79 Å². The highest BCUT2D eigenvalue weighted by molar-refractivity contribution is 5.94. The maximum absolute atomic E-state index is 12.1. The number of hydrogen-bond acceptors (Lipinski definition) is 3. The first-order valence-electron chi connectivity index (χ1n) is 8.11. The molecule has 1 amide bonds. The number of aromatic nitrogens is 3. The maximum atomic E-state index is 12.1. The molecule has 5 nitrogen and oxygen atoms in total. The minimum Gasteiger partial charge on any atom is -0.352 e. The van der Waals surface area contributed by atoms with E-state index in [0.717, 1.165) is 24.2 Å². The molecule has 0 aliphatic carbocycles. The molecule has 1 aromatic carbocycles. The summed E-state index contributed by atoms with van der Waals surface area (Å²) in [5, 5.41) is 10.4. The van der Waals surface area contributed by atoms with Crippen molar-refractivity contribution in [2.75, 3.05) is 6.54 Å². The highest BCUT2D eigenvalue weighted by Crippen LogP contribution is 2.18. The molecule has 0 unspecified atom stereocenters. The lowest BCUT2D eigenvalue weighted by Gasteiger charge is -2.08. The van der Waals surface area contributed by atoms with E-state index in [1.54, 1.807) is 28.9 Å². The summed E-state index contributed by atoms with van der Waals surface area (Å²) >= 11 is 0. The molecule has 0 saturated heterocycles. The smallest absolute Gasteiger partial charge is 0.352 e. The van der Waals surface area contributed by atoms with Gasteiger partial charge in [0.05, 0.1) is 24.0 Å². The fourth-order valence-electron chi connectivity index (χ4n) is 2.16. The predicted octanol–water partition coefficient (Wildman–Crippen LogP) is 3.54. The van der Waals surface area contributed by atoms with Gasteiger partial charge in [-0.2, -0.15) is 13.2 Å². The second-order valence-electron chi connectivity index (χ2n) is 6.25. The Morgan fingerprint density at radius 1 is 1.24 bits per heavy atom. The number of halogens is 3. The number of carbonyl (C=O) groups is 1. The Kier molecular flexibility index (Phi) is 6.17. The van der Waals surface area contributed by atoms with E-state index in [9.17, 15) is 18.0 Å². The fraction of sp³-hybridized carbons (Fsp3) is 0.471. The number of benzene rings is 1. The summed E-state index contributed by atoms with van der Waals surface area (Å²) < 4.78 is 37.9. The molecule has 0 aliphatic rings. The van der Waals surface area contributed by atoms with Crippen LogP contribution in [0.5, 0.6) is 0 Å². The van der Waals surface area contributed by atoms with Crippen LogP contribution in [-0.4, -0.2) is 33.6 Å². The Labute approximate surface area is 144 Å². The van der Waals surface area contributed by atoms with Gasteiger partial charge in [0, 0.05) is 12.1 Å². The molecule has 1 heterocycles. The number of nitrogens with one attached hydrogen (secondary N) is 1. The van der Waals surface area contributed by atoms with Crippen LogP contribution in [0.15, 0.2) is 30.5 Å². The molecular formula is C17H21F3N4O. The second-order valence-corrected chi connectivity index (χ2v) is 6.25. The summed E-state index contributed by atoms with van der Waals surface area (Å²) in [4.78, 5) is 11.8. The molecule has 0 bridgehead atoms. The molecule has 0 fully saturated rings. The first-order chi connectivity index (χ1) is 11.7. The molecule has 0 atom stereocenters. The van der Waals surface area contributed by atoms with Crippen molar-refractivity contribution in [3.63, 3.8) is 0 Å². The van der Waals surface area contributed by atoms with E-state index in [1.165, 1.54) is 0 Å². The molecule has 0 saturated carbocycles. The van der Waals surface area contributed by atoms with Crippen molar-refractivity contribution in [3.8, 4) is 5.69 Å². The van der Waals surface area contributed by atoms with E-state index in [-0.39, 0.29) is 0 Å². The van der Waals surface area contributed by atoms with Gasteiger partial charge < -0.3 is 5.32 Å². The van der Waals surface area contributed by atoms with Crippen molar-refractivity contribution in [3.05, 3.63) is 41.7 Å². The Morgan fingerprint density at radius 3 is 2.52 bits per heavy atom. The minimum absolute atomic E-state index is 0.297. The van der Waals surface area contributed by atoms with Crippen molar-refractivity contribution >= 4 is 5.91 Å². The number of aryl methyl sites for hydroxylation is 1. The molecule has 2 aromatic rings. The highest BCUT2D eigenvalue weighted by Gasteiger charge is 2.26. The molecule has 1 aromatic heterocycles. The Bertz CT molecular complexity index is 693. The molecule has 0 spiro atoms. The van der Waals surface area contributed by atoms with Crippen molar-refractivity contribution < 1.29 is 18.0 Å². The standard InChI is InChI=1S/C17H21F3N4O/c1-12(2)3-6-14-11-24(23-22-14)15-7-4-13(5-8-15)16(25)21-10-9-17(18,19)20/h4-5,7-8,11-12H,3,6,9-10H2,1-2H3,(H,21,25). The van der Waals surface area contributed by atoms with Crippen LogP contribution in [0.2, 0.25) is 0 Å². The Morgan fingerprint density at radius 2 is 1.92 bits per heavy atom. The van der Waals surface area contributed by atoms with Gasteiger partial charge in [0.1, 0.15) is 0 Å². The minimum atomic E-state index is -4.28. The van der Waals surface area contributed by atoms with Gasteiger partial charge in [0.25, 0.3) is 5.91 Å². The molecule has 25 heavy (non-hydrogen) atoms. The first-order valence-corrected chi connectivity index (χ1v) is 8.11. The largest absolute Gasteiger partial charge is 0.390 e. The molecule has 0 aliphatic heterocycles. The zero-order valence-electron chi connectivity index (χ0n) is 14.2. The van der Waals surface area contributed by atoms with Gasteiger partial charge >= 0.3 is 6.18 Å². The van der Waals surface area contributed by atoms with Crippen LogP contribution in [-0.2, 0) is 6.42 Å². The summed E-state index contributed by atoms with van der Waals surface area (Å²) in [6.07, 6.45) is -1.62. The average Bonchev–Trinajstić information content (AvgIpc) is 3.01. The van der Waals surface area contributed by atoms with Crippen LogP contribution in [0.4, 0.5) is 13.2 Å². The van der Waals surface area contributed by atoms with E-state index in [1.807, 2.05) is 6.20 Å². The SMILES string of the molecule is CC(C)CCc1cn(-c2ccc(C(=O)NCCC(F)(F)F)cc2)nn1.